The summed E-state index contributed by atoms with van der Waals surface area (Å²) in [5.41, 5.74) is 0.641. The third kappa shape index (κ3) is 2.31. The van der Waals surface area contributed by atoms with Crippen molar-refractivity contribution in [3.63, 3.8) is 0 Å². The van der Waals surface area contributed by atoms with Crippen LogP contribution in [-0.4, -0.2) is 9.97 Å². The van der Waals surface area contributed by atoms with Crippen LogP contribution in [0.15, 0.2) is 65.6 Å². The van der Waals surface area contributed by atoms with Crippen molar-refractivity contribution in [2.75, 3.05) is 5.32 Å². The zero-order valence-corrected chi connectivity index (χ0v) is 12.3. The number of benzene rings is 2. The van der Waals surface area contributed by atoms with Gasteiger partial charge >= 0.3 is 0 Å². The second-order valence-corrected chi connectivity index (χ2v) is 5.84. The van der Waals surface area contributed by atoms with Crippen molar-refractivity contribution in [2.45, 2.75) is 0 Å². The molecule has 4 aromatic rings. The Balaban J connectivity index is 1.77. The van der Waals surface area contributed by atoms with Gasteiger partial charge in [-0.2, -0.15) is 4.98 Å². The first-order chi connectivity index (χ1) is 10.8. The predicted molar refractivity (Wildman–Crippen MR) is 90.9 cm³/mol. The lowest BCUT2D eigenvalue weighted by molar-refractivity contribution is 1.29. The maximum atomic E-state index is 12.0. The molecule has 2 aromatic heterocycles. The fraction of sp³-hybridized carbons (Fsp3) is 0. The molecule has 0 aliphatic carbocycles. The number of rotatable bonds is 2. The average Bonchev–Trinajstić information content (AvgIpc) is 2.55. The Labute approximate surface area is 130 Å². The van der Waals surface area contributed by atoms with E-state index in [2.05, 4.69) is 27.4 Å². The van der Waals surface area contributed by atoms with E-state index in [1.54, 1.807) is 18.3 Å². The quantitative estimate of drug-likeness (QED) is 0.609. The van der Waals surface area contributed by atoms with Crippen molar-refractivity contribution in [1.82, 2.24) is 9.97 Å². The van der Waals surface area contributed by atoms with Crippen molar-refractivity contribution in [3.05, 3.63) is 71.1 Å². The zero-order valence-electron chi connectivity index (χ0n) is 11.5. The number of aromatic nitrogens is 2. The normalized spacial score (nSPS) is 10.9. The maximum absolute atomic E-state index is 12.0. The highest BCUT2D eigenvalue weighted by molar-refractivity contribution is 7.21. The molecule has 0 saturated heterocycles. The fourth-order valence-corrected chi connectivity index (χ4v) is 3.21. The summed E-state index contributed by atoms with van der Waals surface area (Å²) in [5, 5.41) is 6.61. The number of nitrogens with one attached hydrogen (secondary N) is 1. The van der Waals surface area contributed by atoms with Gasteiger partial charge in [0, 0.05) is 11.9 Å². The summed E-state index contributed by atoms with van der Waals surface area (Å²) in [4.78, 5) is 21.0. The Morgan fingerprint density at radius 1 is 0.955 bits per heavy atom. The lowest BCUT2D eigenvalue weighted by Gasteiger charge is -2.06. The molecule has 0 fully saturated rings. The molecule has 4 rings (SSSR count). The topological polar surface area (TPSA) is 54.9 Å². The van der Waals surface area contributed by atoms with Crippen LogP contribution in [0.2, 0.25) is 0 Å². The molecule has 0 radical (unpaired) electrons. The summed E-state index contributed by atoms with van der Waals surface area (Å²) in [6.45, 7) is 0. The van der Waals surface area contributed by atoms with E-state index in [1.165, 1.54) is 16.7 Å². The van der Waals surface area contributed by atoms with Gasteiger partial charge in [-0.1, -0.05) is 41.7 Å². The van der Waals surface area contributed by atoms with Crippen molar-refractivity contribution in [2.24, 2.45) is 0 Å². The molecule has 2 aromatic carbocycles. The van der Waals surface area contributed by atoms with Crippen LogP contribution in [0.5, 0.6) is 0 Å². The highest BCUT2D eigenvalue weighted by Crippen LogP contribution is 2.24. The number of pyridine rings is 1. The van der Waals surface area contributed by atoms with Crippen LogP contribution in [0.4, 0.5) is 10.8 Å². The molecule has 0 unspecified atom stereocenters. The summed E-state index contributed by atoms with van der Waals surface area (Å²) < 4.78 is 0. The van der Waals surface area contributed by atoms with E-state index in [0.717, 1.165) is 11.1 Å². The van der Waals surface area contributed by atoms with Gasteiger partial charge in [-0.05, 0) is 35.0 Å². The summed E-state index contributed by atoms with van der Waals surface area (Å²) in [6.07, 6.45) is 1.68. The predicted octanol–water partition coefficient (Wildman–Crippen LogP) is 3.95. The highest BCUT2D eigenvalue weighted by Gasteiger charge is 2.05. The molecule has 22 heavy (non-hydrogen) atoms. The van der Waals surface area contributed by atoms with E-state index in [1.807, 2.05) is 30.3 Å². The molecule has 0 saturated carbocycles. The first kappa shape index (κ1) is 12.9. The Hall–Kier alpha value is -2.79. The molecule has 106 valence electrons. The van der Waals surface area contributed by atoms with Crippen molar-refractivity contribution >= 4 is 43.1 Å². The van der Waals surface area contributed by atoms with Gasteiger partial charge < -0.3 is 5.32 Å². The molecule has 0 atom stereocenters. The van der Waals surface area contributed by atoms with Crippen molar-refractivity contribution < 1.29 is 0 Å². The third-order valence-corrected chi connectivity index (χ3v) is 4.30. The van der Waals surface area contributed by atoms with Gasteiger partial charge in [-0.25, -0.2) is 4.98 Å². The number of hydrogen-bond donors (Lipinski definition) is 1. The summed E-state index contributed by atoms with van der Waals surface area (Å²) in [7, 11) is 0. The fourth-order valence-electron chi connectivity index (χ4n) is 2.35. The van der Waals surface area contributed by atoms with Gasteiger partial charge in [0.25, 0.3) is 5.56 Å². The van der Waals surface area contributed by atoms with Crippen molar-refractivity contribution in [3.8, 4) is 0 Å². The van der Waals surface area contributed by atoms with Crippen LogP contribution in [0, 0.1) is 0 Å². The van der Waals surface area contributed by atoms with E-state index in [0.29, 0.717) is 15.3 Å². The Morgan fingerprint density at radius 2 is 1.82 bits per heavy atom. The van der Waals surface area contributed by atoms with E-state index < -0.39 is 0 Å². The molecule has 1 N–H and O–H groups in total. The first-order valence-corrected chi connectivity index (χ1v) is 7.63. The summed E-state index contributed by atoms with van der Waals surface area (Å²) in [5.74, 6) is 0. The van der Waals surface area contributed by atoms with Gasteiger partial charge in [-0.3, -0.25) is 4.79 Å². The molecule has 5 heteroatoms. The van der Waals surface area contributed by atoms with Crippen LogP contribution >= 0.6 is 11.3 Å². The standard InChI is InChI=1S/C17H11N3OS/c21-15-14-6-3-9-18-16(14)22-17(20-15)19-13-8-7-11-4-1-2-5-12(11)10-13/h1-10H,(H,19,20,21). The third-order valence-electron chi connectivity index (χ3n) is 3.40. The lowest BCUT2D eigenvalue weighted by Crippen LogP contribution is -2.07. The van der Waals surface area contributed by atoms with E-state index in [9.17, 15) is 4.79 Å². The second-order valence-electron chi connectivity index (χ2n) is 4.87. The summed E-state index contributed by atoms with van der Waals surface area (Å²) in [6, 6.07) is 17.7. The molecular weight excluding hydrogens is 294 g/mol. The van der Waals surface area contributed by atoms with Crippen LogP contribution in [-0.2, 0) is 0 Å². The molecular formula is C17H11N3OS. The van der Waals surface area contributed by atoms with E-state index >= 15 is 0 Å². The zero-order chi connectivity index (χ0) is 14.9. The van der Waals surface area contributed by atoms with Gasteiger partial charge in [0.15, 0.2) is 5.13 Å². The molecule has 4 nitrogen and oxygen atoms in total. The van der Waals surface area contributed by atoms with E-state index in [-0.39, 0.29) is 5.56 Å². The number of anilines is 2. The van der Waals surface area contributed by atoms with E-state index in [4.69, 9.17) is 0 Å². The minimum Gasteiger partial charge on any atom is -0.331 e. The van der Waals surface area contributed by atoms with Gasteiger partial charge in [-0.15, -0.1) is 0 Å². The first-order valence-electron chi connectivity index (χ1n) is 6.81. The van der Waals surface area contributed by atoms with Crippen LogP contribution in [0.3, 0.4) is 0 Å². The molecule has 0 amide bonds. The maximum Gasteiger partial charge on any atom is 0.282 e. The SMILES string of the molecule is O=c1nc(Nc2ccc3ccccc3c2)sc2ncccc12. The molecule has 0 aliphatic heterocycles. The Morgan fingerprint density at radius 3 is 2.73 bits per heavy atom. The van der Waals surface area contributed by atoms with Gasteiger partial charge in [0.2, 0.25) is 0 Å². The minimum atomic E-state index is -0.259. The van der Waals surface area contributed by atoms with Gasteiger partial charge in [0.1, 0.15) is 4.83 Å². The monoisotopic (exact) mass is 305 g/mol. The lowest BCUT2D eigenvalue weighted by atomic mass is 10.1. The minimum absolute atomic E-state index is 0.259. The number of fused-ring (bicyclic) bond motifs is 2. The number of hydrogen-bond acceptors (Lipinski definition) is 5. The molecule has 0 bridgehead atoms. The Bertz CT molecular complexity index is 1040. The second kappa shape index (κ2) is 5.20. The van der Waals surface area contributed by atoms with Crippen LogP contribution < -0.4 is 10.9 Å². The smallest absolute Gasteiger partial charge is 0.282 e. The van der Waals surface area contributed by atoms with Crippen LogP contribution in [0.1, 0.15) is 0 Å². The average molecular weight is 305 g/mol. The van der Waals surface area contributed by atoms with Crippen molar-refractivity contribution in [1.29, 1.82) is 0 Å². The summed E-state index contributed by atoms with van der Waals surface area (Å²) >= 11 is 1.37. The van der Waals surface area contributed by atoms with Crippen LogP contribution in [0.25, 0.3) is 21.0 Å². The Kier molecular flexibility index (Phi) is 3.05. The largest absolute Gasteiger partial charge is 0.331 e. The van der Waals surface area contributed by atoms with Gasteiger partial charge in [0.05, 0.1) is 5.39 Å². The number of nitrogens with zero attached hydrogens (tertiary/aromatic N) is 2. The molecule has 0 spiro atoms. The molecule has 2 heterocycles. The highest BCUT2D eigenvalue weighted by atomic mass is 32.1. The molecule has 0 aliphatic rings.